The van der Waals surface area contributed by atoms with Gasteiger partial charge in [0.1, 0.15) is 0 Å². The Kier molecular flexibility index (Phi) is 6.11. The minimum atomic E-state index is -0.280. The van der Waals surface area contributed by atoms with Gasteiger partial charge < -0.3 is 5.32 Å². The van der Waals surface area contributed by atoms with Crippen LogP contribution in [-0.4, -0.2) is 37.3 Å². The maximum atomic E-state index is 12.5. The number of carbonyl (C=O) groups excluding carboxylic acids is 1. The summed E-state index contributed by atoms with van der Waals surface area (Å²) in [7, 11) is 0. The highest BCUT2D eigenvalue weighted by Gasteiger charge is 2.19. The van der Waals surface area contributed by atoms with Crippen LogP contribution in [0.5, 0.6) is 0 Å². The lowest BCUT2D eigenvalue weighted by Crippen LogP contribution is -2.34. The second-order valence-corrected chi connectivity index (χ2v) is 7.97. The number of hydrogen-bond donors (Lipinski definition) is 1. The topological polar surface area (TPSA) is 72.2 Å². The van der Waals surface area contributed by atoms with Gasteiger partial charge in [-0.05, 0) is 38.8 Å². The Morgan fingerprint density at radius 2 is 1.96 bits per heavy atom. The first-order chi connectivity index (χ1) is 13.0. The van der Waals surface area contributed by atoms with Gasteiger partial charge in [0, 0.05) is 23.9 Å². The lowest BCUT2D eigenvalue weighted by molar-refractivity contribution is -0.120. The molecule has 1 aromatic carbocycles. The minimum Gasteiger partial charge on any atom is -0.355 e. The van der Waals surface area contributed by atoms with Gasteiger partial charge in [0.15, 0.2) is 0 Å². The first-order valence-electron chi connectivity index (χ1n) is 9.18. The molecule has 0 aliphatic carbocycles. The summed E-state index contributed by atoms with van der Waals surface area (Å²) >= 11 is 1.35. The predicted molar refractivity (Wildman–Crippen MR) is 108 cm³/mol. The Morgan fingerprint density at radius 1 is 1.22 bits per heavy atom. The molecule has 0 aliphatic rings. The van der Waals surface area contributed by atoms with E-state index in [-0.39, 0.29) is 11.2 Å². The largest absolute Gasteiger partial charge is 0.355 e. The van der Waals surface area contributed by atoms with E-state index in [1.165, 1.54) is 17.3 Å². The van der Waals surface area contributed by atoms with Crippen LogP contribution in [0.4, 0.5) is 0 Å². The van der Waals surface area contributed by atoms with Gasteiger partial charge in [-0.3, -0.25) is 4.79 Å². The number of rotatable bonds is 7. The van der Waals surface area contributed by atoms with E-state index in [1.54, 1.807) is 4.52 Å². The highest BCUT2D eigenvalue weighted by atomic mass is 32.2. The molecule has 3 aromatic rings. The predicted octanol–water partition coefficient (Wildman–Crippen LogP) is 3.53. The number of hydrogen-bond acceptors (Lipinski definition) is 5. The molecule has 2 aromatic heterocycles. The fraction of sp³-hybridized carbons (Fsp3) is 0.400. The number of thioether (sulfide) groups is 1. The highest BCUT2D eigenvalue weighted by Crippen LogP contribution is 2.22. The van der Waals surface area contributed by atoms with Crippen molar-refractivity contribution in [1.29, 1.82) is 0 Å². The molecular formula is C20H25N5OS. The van der Waals surface area contributed by atoms with Crippen LogP contribution in [0.1, 0.15) is 43.1 Å². The van der Waals surface area contributed by atoms with Gasteiger partial charge >= 0.3 is 0 Å². The van der Waals surface area contributed by atoms with Crippen LogP contribution in [0.15, 0.2) is 41.6 Å². The summed E-state index contributed by atoms with van der Waals surface area (Å²) in [5.74, 6) is 0.877. The first kappa shape index (κ1) is 19.4. The van der Waals surface area contributed by atoms with Crippen molar-refractivity contribution in [2.75, 3.05) is 6.54 Å². The molecule has 0 saturated heterocycles. The van der Waals surface area contributed by atoms with E-state index in [0.29, 0.717) is 23.4 Å². The first-order valence-corrected chi connectivity index (χ1v) is 10.1. The van der Waals surface area contributed by atoms with E-state index in [0.717, 1.165) is 17.8 Å². The minimum absolute atomic E-state index is 0.00546. The Balaban J connectivity index is 1.61. The van der Waals surface area contributed by atoms with Crippen molar-refractivity contribution in [3.8, 4) is 0 Å². The van der Waals surface area contributed by atoms with Crippen molar-refractivity contribution in [3.63, 3.8) is 0 Å². The normalized spacial score (nSPS) is 13.5. The van der Waals surface area contributed by atoms with Crippen LogP contribution in [0.3, 0.4) is 0 Å². The van der Waals surface area contributed by atoms with E-state index in [2.05, 4.69) is 39.4 Å². The number of fused-ring (bicyclic) bond motifs is 1. The van der Waals surface area contributed by atoms with Gasteiger partial charge in [-0.2, -0.15) is 4.98 Å². The summed E-state index contributed by atoms with van der Waals surface area (Å²) in [5, 5.41) is 7.81. The smallest absolute Gasteiger partial charge is 0.253 e. The van der Waals surface area contributed by atoms with Gasteiger partial charge in [0.2, 0.25) is 11.1 Å². The van der Waals surface area contributed by atoms with Crippen molar-refractivity contribution in [2.24, 2.45) is 0 Å². The van der Waals surface area contributed by atoms with E-state index in [1.807, 2.05) is 45.0 Å². The summed E-state index contributed by atoms with van der Waals surface area (Å²) in [4.78, 5) is 21.4. The van der Waals surface area contributed by atoms with Crippen molar-refractivity contribution < 1.29 is 4.79 Å². The van der Waals surface area contributed by atoms with Crippen LogP contribution in [0.2, 0.25) is 0 Å². The van der Waals surface area contributed by atoms with E-state index >= 15 is 0 Å². The number of nitrogens with one attached hydrogen (secondary N) is 1. The fourth-order valence-corrected chi connectivity index (χ4v) is 3.77. The summed E-state index contributed by atoms with van der Waals surface area (Å²) in [5.41, 5.74) is 3.13. The monoisotopic (exact) mass is 383 g/mol. The van der Waals surface area contributed by atoms with Crippen molar-refractivity contribution in [1.82, 2.24) is 24.9 Å². The van der Waals surface area contributed by atoms with Crippen LogP contribution in [0.25, 0.3) is 5.78 Å². The average Bonchev–Trinajstić information content (AvgIpc) is 3.05. The molecule has 0 spiro atoms. The fourth-order valence-electron chi connectivity index (χ4n) is 3.00. The maximum absolute atomic E-state index is 12.5. The molecule has 1 amide bonds. The number of aryl methyl sites for hydroxylation is 2. The maximum Gasteiger partial charge on any atom is 0.253 e. The molecule has 0 fully saturated rings. The van der Waals surface area contributed by atoms with Crippen molar-refractivity contribution >= 4 is 23.4 Å². The van der Waals surface area contributed by atoms with Crippen LogP contribution < -0.4 is 5.32 Å². The lowest BCUT2D eigenvalue weighted by atomic mass is 9.96. The third-order valence-electron chi connectivity index (χ3n) is 4.54. The Morgan fingerprint density at radius 3 is 2.67 bits per heavy atom. The van der Waals surface area contributed by atoms with E-state index in [4.69, 9.17) is 0 Å². The summed E-state index contributed by atoms with van der Waals surface area (Å²) in [6, 6.07) is 12.2. The standard InChI is InChI=1S/C20H25N5OS/c1-5-16(17-9-7-6-8-10-17)12-21-18(26)15(4)27-20-23-19-22-13(2)11-14(3)25(19)24-20/h6-11,15-16H,5,12H2,1-4H3,(H,21,26)/t15-,16-/m1/s1. The van der Waals surface area contributed by atoms with E-state index < -0.39 is 0 Å². The quantitative estimate of drug-likeness (QED) is 0.632. The van der Waals surface area contributed by atoms with E-state index in [9.17, 15) is 4.79 Å². The van der Waals surface area contributed by atoms with Crippen LogP contribution in [-0.2, 0) is 4.79 Å². The molecule has 2 atom stereocenters. The molecule has 7 heteroatoms. The Labute approximate surface area is 163 Å². The summed E-state index contributed by atoms with van der Waals surface area (Å²) < 4.78 is 1.71. The molecule has 0 saturated carbocycles. The number of benzene rings is 1. The third kappa shape index (κ3) is 4.66. The zero-order valence-electron chi connectivity index (χ0n) is 16.1. The molecule has 27 heavy (non-hydrogen) atoms. The number of carbonyl (C=O) groups is 1. The molecule has 2 heterocycles. The lowest BCUT2D eigenvalue weighted by Gasteiger charge is -2.17. The van der Waals surface area contributed by atoms with Crippen LogP contribution >= 0.6 is 11.8 Å². The SMILES string of the molecule is CC[C@H](CNC(=O)[C@@H](C)Sc1nc2nc(C)cc(C)n2n1)c1ccccc1. The van der Waals surface area contributed by atoms with Crippen LogP contribution in [0, 0.1) is 13.8 Å². The number of amides is 1. The summed E-state index contributed by atoms with van der Waals surface area (Å²) in [6.45, 7) is 8.54. The zero-order valence-corrected chi connectivity index (χ0v) is 17.0. The second-order valence-electron chi connectivity index (χ2n) is 6.67. The van der Waals surface area contributed by atoms with Gasteiger partial charge in [-0.1, -0.05) is 49.0 Å². The molecule has 3 rings (SSSR count). The highest BCUT2D eigenvalue weighted by molar-refractivity contribution is 8.00. The summed E-state index contributed by atoms with van der Waals surface area (Å²) in [6.07, 6.45) is 0.976. The average molecular weight is 384 g/mol. The molecular weight excluding hydrogens is 358 g/mol. The van der Waals surface area contributed by atoms with Gasteiger partial charge in [0.25, 0.3) is 5.78 Å². The Hall–Kier alpha value is -2.41. The van der Waals surface area contributed by atoms with Gasteiger partial charge in [-0.25, -0.2) is 9.50 Å². The Bertz CT molecular complexity index is 925. The molecule has 6 nitrogen and oxygen atoms in total. The molecule has 0 radical (unpaired) electrons. The zero-order chi connectivity index (χ0) is 19.4. The molecule has 0 unspecified atom stereocenters. The number of nitrogens with zero attached hydrogens (tertiary/aromatic N) is 4. The second kappa shape index (κ2) is 8.52. The van der Waals surface area contributed by atoms with Gasteiger partial charge in [-0.15, -0.1) is 5.10 Å². The third-order valence-corrected chi connectivity index (χ3v) is 5.49. The number of aromatic nitrogens is 4. The molecule has 142 valence electrons. The van der Waals surface area contributed by atoms with Crippen molar-refractivity contribution in [2.45, 2.75) is 50.4 Å². The molecule has 1 N–H and O–H groups in total. The van der Waals surface area contributed by atoms with Crippen molar-refractivity contribution in [3.05, 3.63) is 53.3 Å². The molecule has 0 aliphatic heterocycles. The molecule has 0 bridgehead atoms. The van der Waals surface area contributed by atoms with Gasteiger partial charge in [0.05, 0.1) is 5.25 Å².